The minimum atomic E-state index is -0.718. The van der Waals surface area contributed by atoms with Crippen molar-refractivity contribution in [3.63, 3.8) is 0 Å². The van der Waals surface area contributed by atoms with Crippen LogP contribution in [0.4, 0.5) is 5.82 Å². The normalized spacial score (nSPS) is 11.8. The van der Waals surface area contributed by atoms with Crippen molar-refractivity contribution in [3.8, 4) is 0 Å². The van der Waals surface area contributed by atoms with Crippen LogP contribution in [0.15, 0.2) is 48.7 Å². The van der Waals surface area contributed by atoms with E-state index in [2.05, 4.69) is 10.3 Å². The average molecular weight is 285 g/mol. The van der Waals surface area contributed by atoms with E-state index in [1.807, 2.05) is 49.3 Å². The van der Waals surface area contributed by atoms with Crippen LogP contribution in [0.5, 0.6) is 0 Å². The summed E-state index contributed by atoms with van der Waals surface area (Å²) < 4.78 is 0. The molecule has 0 bridgehead atoms. The van der Waals surface area contributed by atoms with Crippen LogP contribution in [0.2, 0.25) is 0 Å². The predicted octanol–water partition coefficient (Wildman–Crippen LogP) is 1.61. The first-order chi connectivity index (χ1) is 10.1. The molecule has 1 atom stereocenters. The standard InChI is InChI=1S/C16H19N3O2/c1-19(2)15-9-8-13(10-17-15)16(21)18-11-14(20)12-6-4-3-5-7-12/h3-10,14,20H,11H2,1-2H3,(H,18,21). The summed E-state index contributed by atoms with van der Waals surface area (Å²) in [6.07, 6.45) is 0.809. The highest BCUT2D eigenvalue weighted by Crippen LogP contribution is 2.11. The number of carbonyl (C=O) groups excluding carboxylic acids is 1. The number of anilines is 1. The summed E-state index contributed by atoms with van der Waals surface area (Å²) in [5.41, 5.74) is 1.25. The molecular weight excluding hydrogens is 266 g/mol. The third-order valence-electron chi connectivity index (χ3n) is 3.11. The van der Waals surface area contributed by atoms with Gasteiger partial charge in [0.2, 0.25) is 0 Å². The number of amides is 1. The molecule has 1 unspecified atom stereocenters. The first-order valence-corrected chi connectivity index (χ1v) is 6.72. The van der Waals surface area contributed by atoms with E-state index in [0.29, 0.717) is 5.56 Å². The van der Waals surface area contributed by atoms with E-state index in [4.69, 9.17) is 0 Å². The Kier molecular flexibility index (Phi) is 4.90. The second-order valence-corrected chi connectivity index (χ2v) is 4.94. The van der Waals surface area contributed by atoms with Crippen molar-refractivity contribution >= 4 is 11.7 Å². The summed E-state index contributed by atoms with van der Waals surface area (Å²) in [6.45, 7) is 0.165. The molecule has 1 aromatic carbocycles. The summed E-state index contributed by atoms with van der Waals surface area (Å²) in [5, 5.41) is 12.7. The molecule has 0 spiro atoms. The molecule has 0 radical (unpaired) electrons. The van der Waals surface area contributed by atoms with Crippen molar-refractivity contribution in [2.24, 2.45) is 0 Å². The van der Waals surface area contributed by atoms with Gasteiger partial charge in [-0.3, -0.25) is 4.79 Å². The Labute approximate surface area is 124 Å². The van der Waals surface area contributed by atoms with E-state index in [1.54, 1.807) is 12.1 Å². The minimum Gasteiger partial charge on any atom is -0.387 e. The van der Waals surface area contributed by atoms with Gasteiger partial charge in [-0.1, -0.05) is 30.3 Å². The molecular formula is C16H19N3O2. The second-order valence-electron chi connectivity index (χ2n) is 4.94. The molecule has 5 heteroatoms. The van der Waals surface area contributed by atoms with Gasteiger partial charge in [-0.25, -0.2) is 4.98 Å². The van der Waals surface area contributed by atoms with Crippen LogP contribution in [0, 0.1) is 0 Å². The number of aliphatic hydroxyl groups excluding tert-OH is 1. The Hall–Kier alpha value is -2.40. The van der Waals surface area contributed by atoms with E-state index < -0.39 is 6.10 Å². The molecule has 1 aromatic heterocycles. The fraction of sp³-hybridized carbons (Fsp3) is 0.250. The van der Waals surface area contributed by atoms with E-state index in [9.17, 15) is 9.90 Å². The summed E-state index contributed by atoms with van der Waals surface area (Å²) in [5.74, 6) is 0.540. The van der Waals surface area contributed by atoms with Crippen molar-refractivity contribution in [3.05, 3.63) is 59.8 Å². The number of hydrogen-bond acceptors (Lipinski definition) is 4. The van der Waals surface area contributed by atoms with Crippen LogP contribution in [0.3, 0.4) is 0 Å². The Morgan fingerprint density at radius 3 is 2.52 bits per heavy atom. The summed E-state index contributed by atoms with van der Waals surface area (Å²) in [6, 6.07) is 12.7. The predicted molar refractivity (Wildman–Crippen MR) is 82.3 cm³/mol. The van der Waals surface area contributed by atoms with Gasteiger partial charge in [0.25, 0.3) is 5.91 Å². The maximum absolute atomic E-state index is 12.0. The molecule has 0 aliphatic carbocycles. The number of rotatable bonds is 5. The summed E-state index contributed by atoms with van der Waals surface area (Å²) in [7, 11) is 3.77. The van der Waals surface area contributed by atoms with E-state index in [1.165, 1.54) is 6.20 Å². The number of hydrogen-bond donors (Lipinski definition) is 2. The van der Waals surface area contributed by atoms with Gasteiger partial charge in [0.1, 0.15) is 5.82 Å². The van der Waals surface area contributed by atoms with Crippen molar-refractivity contribution in [1.82, 2.24) is 10.3 Å². The number of aliphatic hydroxyl groups is 1. The van der Waals surface area contributed by atoms with Gasteiger partial charge < -0.3 is 15.3 Å². The maximum Gasteiger partial charge on any atom is 0.252 e. The molecule has 0 aliphatic heterocycles. The van der Waals surface area contributed by atoms with Crippen molar-refractivity contribution in [2.45, 2.75) is 6.10 Å². The Morgan fingerprint density at radius 2 is 1.95 bits per heavy atom. The molecule has 0 saturated heterocycles. The zero-order valence-electron chi connectivity index (χ0n) is 12.2. The quantitative estimate of drug-likeness (QED) is 0.876. The minimum absolute atomic E-state index is 0.165. The molecule has 21 heavy (non-hydrogen) atoms. The largest absolute Gasteiger partial charge is 0.387 e. The number of aromatic nitrogens is 1. The Morgan fingerprint density at radius 1 is 1.24 bits per heavy atom. The number of nitrogens with zero attached hydrogens (tertiary/aromatic N) is 2. The van der Waals surface area contributed by atoms with Gasteiger partial charge >= 0.3 is 0 Å². The van der Waals surface area contributed by atoms with Gasteiger partial charge in [0, 0.05) is 26.8 Å². The third-order valence-corrected chi connectivity index (χ3v) is 3.11. The van der Waals surface area contributed by atoms with Crippen molar-refractivity contribution in [2.75, 3.05) is 25.5 Å². The lowest BCUT2D eigenvalue weighted by atomic mass is 10.1. The average Bonchev–Trinajstić information content (AvgIpc) is 2.53. The highest BCUT2D eigenvalue weighted by molar-refractivity contribution is 5.94. The summed E-state index contributed by atoms with van der Waals surface area (Å²) in [4.78, 5) is 18.0. The molecule has 1 heterocycles. The zero-order chi connectivity index (χ0) is 15.2. The van der Waals surface area contributed by atoms with E-state index in [-0.39, 0.29) is 12.5 Å². The fourth-order valence-corrected chi connectivity index (χ4v) is 1.87. The van der Waals surface area contributed by atoms with Crippen LogP contribution < -0.4 is 10.2 Å². The first-order valence-electron chi connectivity index (χ1n) is 6.72. The Balaban J connectivity index is 1.92. The lowest BCUT2D eigenvalue weighted by Gasteiger charge is -2.13. The third kappa shape index (κ3) is 4.03. The molecule has 2 aromatic rings. The fourth-order valence-electron chi connectivity index (χ4n) is 1.87. The first kappa shape index (κ1) is 15.0. The van der Waals surface area contributed by atoms with Gasteiger partial charge in [0.15, 0.2) is 0 Å². The summed E-state index contributed by atoms with van der Waals surface area (Å²) >= 11 is 0. The highest BCUT2D eigenvalue weighted by atomic mass is 16.3. The lowest BCUT2D eigenvalue weighted by molar-refractivity contribution is 0.0916. The van der Waals surface area contributed by atoms with Gasteiger partial charge in [-0.05, 0) is 17.7 Å². The van der Waals surface area contributed by atoms with E-state index >= 15 is 0 Å². The van der Waals surface area contributed by atoms with Crippen LogP contribution >= 0.6 is 0 Å². The second kappa shape index (κ2) is 6.85. The van der Waals surface area contributed by atoms with Crippen molar-refractivity contribution < 1.29 is 9.90 Å². The topological polar surface area (TPSA) is 65.5 Å². The van der Waals surface area contributed by atoms with Crippen LogP contribution in [0.25, 0.3) is 0 Å². The van der Waals surface area contributed by atoms with Crippen LogP contribution in [0.1, 0.15) is 22.0 Å². The molecule has 0 aliphatic rings. The number of nitrogens with one attached hydrogen (secondary N) is 1. The maximum atomic E-state index is 12.0. The van der Waals surface area contributed by atoms with Crippen LogP contribution in [-0.2, 0) is 0 Å². The zero-order valence-corrected chi connectivity index (χ0v) is 12.2. The molecule has 0 saturated carbocycles. The molecule has 5 nitrogen and oxygen atoms in total. The van der Waals surface area contributed by atoms with Gasteiger partial charge in [-0.2, -0.15) is 0 Å². The lowest BCUT2D eigenvalue weighted by Crippen LogP contribution is -2.28. The van der Waals surface area contributed by atoms with Gasteiger partial charge in [0.05, 0.1) is 11.7 Å². The highest BCUT2D eigenvalue weighted by Gasteiger charge is 2.11. The smallest absolute Gasteiger partial charge is 0.252 e. The molecule has 2 rings (SSSR count). The molecule has 0 fully saturated rings. The SMILES string of the molecule is CN(C)c1ccc(C(=O)NCC(O)c2ccccc2)cn1. The molecule has 1 amide bonds. The van der Waals surface area contributed by atoms with Crippen LogP contribution in [-0.4, -0.2) is 36.6 Å². The van der Waals surface area contributed by atoms with Gasteiger partial charge in [-0.15, -0.1) is 0 Å². The Bertz CT molecular complexity index is 582. The number of pyridine rings is 1. The number of carbonyl (C=O) groups is 1. The number of benzene rings is 1. The molecule has 2 N–H and O–H groups in total. The molecule has 110 valence electrons. The van der Waals surface area contributed by atoms with E-state index in [0.717, 1.165) is 11.4 Å². The van der Waals surface area contributed by atoms with Crippen molar-refractivity contribution in [1.29, 1.82) is 0 Å². The monoisotopic (exact) mass is 285 g/mol.